The van der Waals surface area contributed by atoms with E-state index in [1.807, 2.05) is 4.72 Å². The Morgan fingerprint density at radius 3 is 2.20 bits per heavy atom. The Balaban J connectivity index is 2.84. The van der Waals surface area contributed by atoms with E-state index in [4.69, 9.17) is 4.74 Å². The number of hydrogen-bond donors (Lipinski definition) is 1. The zero-order valence-corrected chi connectivity index (χ0v) is 9.17. The molecule has 82 valence electrons. The highest BCUT2D eigenvalue weighted by molar-refractivity contribution is 7.89. The summed E-state index contributed by atoms with van der Waals surface area (Å²) in [6.07, 6.45) is 0.925. The van der Waals surface area contributed by atoms with E-state index in [-0.39, 0.29) is 5.56 Å². The lowest BCUT2D eigenvalue weighted by Crippen LogP contribution is -2.29. The molecular formula is C9H11NO4S. The van der Waals surface area contributed by atoms with Gasteiger partial charge in [-0.2, -0.15) is 0 Å². The molecule has 0 aliphatic rings. The van der Waals surface area contributed by atoms with Crippen molar-refractivity contribution < 1.29 is 17.9 Å². The van der Waals surface area contributed by atoms with Gasteiger partial charge in [0.2, 0.25) is 10.0 Å². The second-order valence-corrected chi connectivity index (χ2v) is 4.68. The van der Waals surface area contributed by atoms with Gasteiger partial charge in [-0.15, -0.1) is 0 Å². The summed E-state index contributed by atoms with van der Waals surface area (Å²) in [5.41, 5.74) is 0.265. The second kappa shape index (κ2) is 4.31. The predicted molar refractivity (Wildman–Crippen MR) is 55.3 cm³/mol. The highest BCUT2D eigenvalue weighted by atomic mass is 32.2. The zero-order chi connectivity index (χ0) is 11.5. The maximum absolute atomic E-state index is 11.3. The number of carbonyl (C=O) groups excluding carboxylic acids is 1. The van der Waals surface area contributed by atoms with Crippen LogP contribution in [0.4, 0.5) is 0 Å². The summed E-state index contributed by atoms with van der Waals surface area (Å²) in [7, 11) is -2.01. The molecule has 0 aliphatic carbocycles. The van der Waals surface area contributed by atoms with Crippen molar-refractivity contribution in [1.82, 2.24) is 4.72 Å². The van der Waals surface area contributed by atoms with Crippen LogP contribution in [0, 0.1) is 0 Å². The lowest BCUT2D eigenvalue weighted by Gasteiger charge is -2.03. The topological polar surface area (TPSA) is 72.5 Å². The van der Waals surface area contributed by atoms with E-state index < -0.39 is 15.9 Å². The van der Waals surface area contributed by atoms with Crippen LogP contribution in [-0.4, -0.2) is 27.7 Å². The number of benzene rings is 1. The van der Waals surface area contributed by atoms with Crippen LogP contribution in [0.15, 0.2) is 24.3 Å². The van der Waals surface area contributed by atoms with Crippen molar-refractivity contribution >= 4 is 15.9 Å². The fraction of sp³-hybridized carbons (Fsp3) is 0.222. The van der Waals surface area contributed by atoms with Crippen LogP contribution in [0.5, 0.6) is 5.75 Å². The van der Waals surface area contributed by atoms with Crippen molar-refractivity contribution in [3.8, 4) is 5.75 Å². The fourth-order valence-corrected chi connectivity index (χ4v) is 1.42. The van der Waals surface area contributed by atoms with Gasteiger partial charge in [0.15, 0.2) is 0 Å². The minimum Gasteiger partial charge on any atom is -0.497 e. The number of nitrogens with one attached hydrogen (secondary N) is 1. The Morgan fingerprint density at radius 2 is 1.80 bits per heavy atom. The fourth-order valence-electron chi connectivity index (χ4n) is 0.970. The monoisotopic (exact) mass is 229 g/mol. The van der Waals surface area contributed by atoms with Crippen LogP contribution in [0.25, 0.3) is 0 Å². The Kier molecular flexibility index (Phi) is 3.31. The molecule has 6 heteroatoms. The van der Waals surface area contributed by atoms with Gasteiger partial charge in [0.25, 0.3) is 5.91 Å². The van der Waals surface area contributed by atoms with Crippen molar-refractivity contribution in [3.63, 3.8) is 0 Å². The second-order valence-electron chi connectivity index (χ2n) is 2.93. The maximum Gasteiger partial charge on any atom is 0.264 e. The molecule has 0 aliphatic heterocycles. The third kappa shape index (κ3) is 3.59. The molecular weight excluding hydrogens is 218 g/mol. The predicted octanol–water partition coefficient (Wildman–Crippen LogP) is 0.385. The number of sulfonamides is 1. The third-order valence-corrected chi connectivity index (χ3v) is 2.19. The van der Waals surface area contributed by atoms with Gasteiger partial charge in [0.1, 0.15) is 5.75 Å². The van der Waals surface area contributed by atoms with E-state index in [2.05, 4.69) is 0 Å². The zero-order valence-electron chi connectivity index (χ0n) is 8.35. The molecule has 1 rings (SSSR count). The number of hydrogen-bond acceptors (Lipinski definition) is 4. The molecule has 0 fully saturated rings. The van der Waals surface area contributed by atoms with Gasteiger partial charge in [-0.3, -0.25) is 4.79 Å². The number of carbonyl (C=O) groups is 1. The lowest BCUT2D eigenvalue weighted by atomic mass is 10.2. The summed E-state index contributed by atoms with van der Waals surface area (Å²) < 4.78 is 28.3. The summed E-state index contributed by atoms with van der Waals surface area (Å²) in [6, 6.07) is 6.13. The summed E-state index contributed by atoms with van der Waals surface area (Å²) in [5.74, 6) is -0.0499. The number of methoxy groups -OCH3 is 1. The van der Waals surface area contributed by atoms with Crippen molar-refractivity contribution in [1.29, 1.82) is 0 Å². The molecule has 0 atom stereocenters. The molecule has 0 radical (unpaired) electrons. The van der Waals surface area contributed by atoms with Crippen LogP contribution >= 0.6 is 0 Å². The molecule has 0 bridgehead atoms. The molecule has 5 nitrogen and oxygen atoms in total. The summed E-state index contributed by atoms with van der Waals surface area (Å²) >= 11 is 0. The molecule has 1 aromatic rings. The van der Waals surface area contributed by atoms with Gasteiger partial charge in [-0.05, 0) is 24.3 Å². The van der Waals surface area contributed by atoms with Crippen LogP contribution in [0.2, 0.25) is 0 Å². The molecule has 15 heavy (non-hydrogen) atoms. The first kappa shape index (κ1) is 11.5. The highest BCUT2D eigenvalue weighted by Crippen LogP contribution is 2.11. The number of amides is 1. The molecule has 1 N–H and O–H groups in total. The van der Waals surface area contributed by atoms with Gasteiger partial charge in [0, 0.05) is 5.56 Å². The van der Waals surface area contributed by atoms with E-state index in [0.717, 1.165) is 6.26 Å². The summed E-state index contributed by atoms with van der Waals surface area (Å²) in [4.78, 5) is 11.3. The van der Waals surface area contributed by atoms with Crippen molar-refractivity contribution in [2.45, 2.75) is 0 Å². The van der Waals surface area contributed by atoms with Gasteiger partial charge in [-0.25, -0.2) is 13.1 Å². The van der Waals surface area contributed by atoms with E-state index >= 15 is 0 Å². The van der Waals surface area contributed by atoms with Gasteiger partial charge >= 0.3 is 0 Å². The Morgan fingerprint density at radius 1 is 1.27 bits per heavy atom. The van der Waals surface area contributed by atoms with E-state index in [1.165, 1.54) is 19.2 Å². The molecule has 1 amide bonds. The first-order valence-corrected chi connectivity index (χ1v) is 5.97. The molecule has 0 heterocycles. The van der Waals surface area contributed by atoms with Gasteiger partial charge < -0.3 is 4.74 Å². The van der Waals surface area contributed by atoms with Crippen molar-refractivity contribution in [2.75, 3.05) is 13.4 Å². The normalized spacial score (nSPS) is 10.8. The summed E-state index contributed by atoms with van der Waals surface area (Å²) in [5, 5.41) is 0. The first-order valence-electron chi connectivity index (χ1n) is 4.08. The van der Waals surface area contributed by atoms with Gasteiger partial charge in [0.05, 0.1) is 13.4 Å². The van der Waals surface area contributed by atoms with Crippen LogP contribution in [0.3, 0.4) is 0 Å². The highest BCUT2D eigenvalue weighted by Gasteiger charge is 2.10. The number of rotatable bonds is 3. The minimum atomic E-state index is -3.52. The Bertz CT molecular complexity index is 450. The SMILES string of the molecule is COc1ccc(C(=O)NS(C)(=O)=O)cc1. The molecule has 0 spiro atoms. The quantitative estimate of drug-likeness (QED) is 0.813. The van der Waals surface area contributed by atoms with E-state index in [9.17, 15) is 13.2 Å². The smallest absolute Gasteiger partial charge is 0.264 e. The lowest BCUT2D eigenvalue weighted by molar-refractivity contribution is 0.0981. The third-order valence-electron chi connectivity index (χ3n) is 1.63. The van der Waals surface area contributed by atoms with Crippen LogP contribution in [-0.2, 0) is 10.0 Å². The maximum atomic E-state index is 11.3. The average Bonchev–Trinajstić information content (AvgIpc) is 2.15. The van der Waals surface area contributed by atoms with Crippen LogP contribution < -0.4 is 9.46 Å². The van der Waals surface area contributed by atoms with Gasteiger partial charge in [-0.1, -0.05) is 0 Å². The van der Waals surface area contributed by atoms with Crippen molar-refractivity contribution in [2.24, 2.45) is 0 Å². The molecule has 0 saturated carbocycles. The molecule has 0 saturated heterocycles. The van der Waals surface area contributed by atoms with E-state index in [1.54, 1.807) is 12.1 Å². The molecule has 0 aromatic heterocycles. The van der Waals surface area contributed by atoms with Crippen LogP contribution in [0.1, 0.15) is 10.4 Å². The largest absolute Gasteiger partial charge is 0.497 e. The number of ether oxygens (including phenoxy) is 1. The standard InChI is InChI=1S/C9H11NO4S/c1-14-8-5-3-7(4-6-8)9(11)10-15(2,12)13/h3-6H,1-2H3,(H,10,11). The summed E-state index contributed by atoms with van der Waals surface area (Å²) in [6.45, 7) is 0. The molecule has 0 unspecified atom stereocenters. The first-order chi connectivity index (χ1) is 6.92. The Hall–Kier alpha value is -1.56. The Labute approximate surface area is 88.1 Å². The minimum absolute atomic E-state index is 0.265. The van der Waals surface area contributed by atoms with E-state index in [0.29, 0.717) is 5.75 Å². The van der Waals surface area contributed by atoms with Crippen molar-refractivity contribution in [3.05, 3.63) is 29.8 Å². The molecule has 1 aromatic carbocycles. The average molecular weight is 229 g/mol.